The number of benzene rings is 1. The highest BCUT2D eigenvalue weighted by atomic mass is 35.7. The second-order valence-corrected chi connectivity index (χ2v) is 5.41. The highest BCUT2D eigenvalue weighted by Gasteiger charge is 2.18. The molecule has 1 aromatic carbocycles. The zero-order valence-electron chi connectivity index (χ0n) is 7.86. The lowest BCUT2D eigenvalue weighted by Crippen LogP contribution is -1.96. The van der Waals surface area contributed by atoms with Crippen LogP contribution in [-0.4, -0.2) is 13.5 Å². The third-order valence-electron chi connectivity index (χ3n) is 1.95. The van der Waals surface area contributed by atoms with E-state index in [0.717, 1.165) is 6.07 Å². The van der Waals surface area contributed by atoms with Crippen LogP contribution in [0.3, 0.4) is 0 Å². The molecular formula is C9H8ClNO3S. The summed E-state index contributed by atoms with van der Waals surface area (Å²) in [5.74, 6) is -0.501. The van der Waals surface area contributed by atoms with Gasteiger partial charge >= 0.3 is 0 Å². The lowest BCUT2D eigenvalue weighted by Gasteiger charge is -2.05. The fourth-order valence-electron chi connectivity index (χ4n) is 1.20. The van der Waals surface area contributed by atoms with Gasteiger partial charge in [-0.15, -0.1) is 0 Å². The van der Waals surface area contributed by atoms with Crippen molar-refractivity contribution in [3.63, 3.8) is 0 Å². The van der Waals surface area contributed by atoms with E-state index in [1.165, 1.54) is 6.07 Å². The van der Waals surface area contributed by atoms with E-state index in [4.69, 9.17) is 15.9 Å². The maximum atomic E-state index is 11.0. The quantitative estimate of drug-likeness (QED) is 0.806. The Morgan fingerprint density at radius 2 is 2.13 bits per heavy atom. The molecule has 0 saturated carbocycles. The van der Waals surface area contributed by atoms with E-state index in [0.29, 0.717) is 12.0 Å². The number of halogens is 1. The summed E-state index contributed by atoms with van der Waals surface area (Å²) >= 11 is 0. The van der Waals surface area contributed by atoms with E-state index in [1.807, 2.05) is 6.07 Å². The molecule has 0 unspecified atom stereocenters. The van der Waals surface area contributed by atoms with Crippen molar-refractivity contribution in [2.24, 2.45) is 0 Å². The van der Waals surface area contributed by atoms with Crippen molar-refractivity contribution in [1.82, 2.24) is 0 Å². The van der Waals surface area contributed by atoms with Crippen LogP contribution in [0.1, 0.15) is 18.1 Å². The number of phenolic OH excluding ortho intramolecular Hbond substituents is 1. The molecule has 0 aromatic heterocycles. The normalized spacial score (nSPS) is 11.0. The van der Waals surface area contributed by atoms with Crippen LogP contribution >= 0.6 is 10.7 Å². The highest BCUT2D eigenvalue weighted by molar-refractivity contribution is 8.13. The fraction of sp³-hybridized carbons (Fsp3) is 0.222. The first kappa shape index (κ1) is 11.8. The number of aryl methyl sites for hydroxylation is 1. The summed E-state index contributed by atoms with van der Waals surface area (Å²) in [5, 5.41) is 18.1. The van der Waals surface area contributed by atoms with Gasteiger partial charge in [0, 0.05) is 10.7 Å². The van der Waals surface area contributed by atoms with Crippen LogP contribution in [0.4, 0.5) is 0 Å². The number of hydrogen-bond donors (Lipinski definition) is 1. The molecule has 0 aliphatic carbocycles. The minimum atomic E-state index is -3.98. The molecule has 4 nitrogen and oxygen atoms in total. The van der Waals surface area contributed by atoms with Crippen molar-refractivity contribution in [2.75, 3.05) is 0 Å². The maximum absolute atomic E-state index is 11.0. The number of rotatable bonds is 2. The molecule has 0 heterocycles. The molecule has 6 heteroatoms. The highest BCUT2D eigenvalue weighted by Crippen LogP contribution is 2.29. The van der Waals surface area contributed by atoms with Gasteiger partial charge < -0.3 is 5.11 Å². The first-order valence-electron chi connectivity index (χ1n) is 4.10. The van der Waals surface area contributed by atoms with Gasteiger partial charge in [0.2, 0.25) is 0 Å². The van der Waals surface area contributed by atoms with Crippen molar-refractivity contribution >= 4 is 19.7 Å². The van der Waals surface area contributed by atoms with Crippen molar-refractivity contribution in [3.05, 3.63) is 23.3 Å². The Labute approximate surface area is 92.1 Å². The number of nitriles is 1. The summed E-state index contributed by atoms with van der Waals surface area (Å²) in [6.07, 6.45) is 0.489. The van der Waals surface area contributed by atoms with Crippen LogP contribution in [0.2, 0.25) is 0 Å². The van der Waals surface area contributed by atoms with Crippen LogP contribution in [0.15, 0.2) is 17.0 Å². The molecule has 15 heavy (non-hydrogen) atoms. The summed E-state index contributed by atoms with van der Waals surface area (Å²) in [6, 6.07) is 4.19. The van der Waals surface area contributed by atoms with E-state index >= 15 is 0 Å². The zero-order chi connectivity index (χ0) is 11.6. The Morgan fingerprint density at radius 3 is 2.53 bits per heavy atom. The molecule has 0 amide bonds. The minimum absolute atomic E-state index is 0.249. The second kappa shape index (κ2) is 4.09. The van der Waals surface area contributed by atoms with E-state index in [-0.39, 0.29) is 10.5 Å². The van der Waals surface area contributed by atoms with Gasteiger partial charge in [0.25, 0.3) is 9.05 Å². The minimum Gasteiger partial charge on any atom is -0.506 e. The van der Waals surface area contributed by atoms with Gasteiger partial charge in [-0.25, -0.2) is 8.42 Å². The van der Waals surface area contributed by atoms with E-state index in [9.17, 15) is 13.5 Å². The third-order valence-corrected chi connectivity index (χ3v) is 3.30. The molecule has 80 valence electrons. The molecule has 0 saturated heterocycles. The Kier molecular flexibility index (Phi) is 3.22. The third kappa shape index (κ3) is 2.41. The maximum Gasteiger partial charge on any atom is 0.264 e. The van der Waals surface area contributed by atoms with Crippen molar-refractivity contribution in [1.29, 1.82) is 5.26 Å². The molecule has 1 N–H and O–H groups in total. The predicted octanol–water partition coefficient (Wildman–Crippen LogP) is 1.75. The van der Waals surface area contributed by atoms with Crippen LogP contribution in [-0.2, 0) is 15.5 Å². The van der Waals surface area contributed by atoms with Crippen molar-refractivity contribution in [2.45, 2.75) is 18.2 Å². The molecule has 1 rings (SSSR count). The smallest absolute Gasteiger partial charge is 0.264 e. The number of phenols is 1. The predicted molar refractivity (Wildman–Crippen MR) is 55.2 cm³/mol. The first-order valence-corrected chi connectivity index (χ1v) is 6.41. The van der Waals surface area contributed by atoms with Gasteiger partial charge in [-0.05, 0) is 24.1 Å². The molecule has 0 radical (unpaired) electrons. The largest absolute Gasteiger partial charge is 0.506 e. The van der Waals surface area contributed by atoms with Gasteiger partial charge in [0.05, 0.1) is 11.6 Å². The Bertz CT molecular complexity index is 531. The Morgan fingerprint density at radius 1 is 1.53 bits per heavy atom. The van der Waals surface area contributed by atoms with Gasteiger partial charge in [0.1, 0.15) is 10.6 Å². The van der Waals surface area contributed by atoms with Crippen LogP contribution in [0.5, 0.6) is 5.75 Å². The Balaban J connectivity index is 3.55. The first-order chi connectivity index (χ1) is 6.90. The van der Waals surface area contributed by atoms with E-state index in [2.05, 4.69) is 0 Å². The molecule has 0 bridgehead atoms. The molecule has 0 fully saturated rings. The van der Waals surface area contributed by atoms with Gasteiger partial charge in [0.15, 0.2) is 0 Å². The number of aromatic hydroxyl groups is 1. The lowest BCUT2D eigenvalue weighted by atomic mass is 10.1. The number of nitrogens with zero attached hydrogens (tertiary/aromatic N) is 1. The summed E-state index contributed by atoms with van der Waals surface area (Å²) in [7, 11) is 1.14. The lowest BCUT2D eigenvalue weighted by molar-refractivity contribution is 0.459. The van der Waals surface area contributed by atoms with Gasteiger partial charge in [-0.3, -0.25) is 0 Å². The molecule has 0 aliphatic heterocycles. The molecule has 1 aromatic rings. The summed E-state index contributed by atoms with van der Waals surface area (Å²) in [6.45, 7) is 1.78. The topological polar surface area (TPSA) is 78.2 Å². The van der Waals surface area contributed by atoms with Gasteiger partial charge in [-0.1, -0.05) is 6.92 Å². The molecular weight excluding hydrogens is 238 g/mol. The average Bonchev–Trinajstić information content (AvgIpc) is 2.15. The Hall–Kier alpha value is -1.25. The SMILES string of the molecule is CCc1cc(S(=O)(=O)Cl)c(O)cc1C#N. The van der Waals surface area contributed by atoms with Crippen molar-refractivity contribution < 1.29 is 13.5 Å². The summed E-state index contributed by atoms with van der Waals surface area (Å²) < 4.78 is 22.1. The van der Waals surface area contributed by atoms with Crippen LogP contribution < -0.4 is 0 Å². The monoisotopic (exact) mass is 245 g/mol. The molecule has 0 spiro atoms. The van der Waals surface area contributed by atoms with E-state index < -0.39 is 14.8 Å². The summed E-state index contributed by atoms with van der Waals surface area (Å²) in [5.41, 5.74) is 0.786. The van der Waals surface area contributed by atoms with Crippen molar-refractivity contribution in [3.8, 4) is 11.8 Å². The molecule has 0 atom stereocenters. The second-order valence-electron chi connectivity index (χ2n) is 2.88. The van der Waals surface area contributed by atoms with E-state index in [1.54, 1.807) is 6.92 Å². The zero-order valence-corrected chi connectivity index (χ0v) is 9.43. The summed E-state index contributed by atoms with van der Waals surface area (Å²) in [4.78, 5) is -0.361. The standard InChI is InChI=1S/C9H8ClNO3S/c1-2-6-4-9(15(10,13)14)8(12)3-7(6)5-11/h3-4,12H,2H2,1H3. The number of hydrogen-bond acceptors (Lipinski definition) is 4. The van der Waals surface area contributed by atoms with Crippen LogP contribution in [0, 0.1) is 11.3 Å². The fourth-order valence-corrected chi connectivity index (χ4v) is 2.16. The van der Waals surface area contributed by atoms with Crippen LogP contribution in [0.25, 0.3) is 0 Å². The van der Waals surface area contributed by atoms with Gasteiger partial charge in [-0.2, -0.15) is 5.26 Å². The average molecular weight is 246 g/mol. The molecule has 0 aliphatic rings.